The summed E-state index contributed by atoms with van der Waals surface area (Å²) in [5, 5.41) is 47.4. The van der Waals surface area contributed by atoms with Gasteiger partial charge in [0.2, 0.25) is 0 Å². The summed E-state index contributed by atoms with van der Waals surface area (Å²) in [5.74, 6) is 0. The number of hydrogen-bond donors (Lipinski definition) is 5. The van der Waals surface area contributed by atoms with Crippen molar-refractivity contribution < 1.29 is 25.5 Å². The van der Waals surface area contributed by atoms with Crippen molar-refractivity contribution in [3.63, 3.8) is 0 Å². The second-order valence-electron chi connectivity index (χ2n) is 4.64. The SMILES string of the molecule is CC(C)(O)C(O)C(C)(O)C(C)(O)CO. The Morgan fingerprint density at radius 1 is 1.00 bits per heavy atom. The summed E-state index contributed by atoms with van der Waals surface area (Å²) in [6.07, 6.45) is -1.57. The van der Waals surface area contributed by atoms with E-state index in [-0.39, 0.29) is 0 Å². The van der Waals surface area contributed by atoms with Crippen LogP contribution in [0.2, 0.25) is 0 Å². The van der Waals surface area contributed by atoms with Crippen LogP contribution < -0.4 is 0 Å². The molecule has 0 saturated heterocycles. The fraction of sp³-hybridized carbons (Fsp3) is 1.00. The molecule has 0 amide bonds. The molecule has 3 atom stereocenters. The zero-order valence-corrected chi connectivity index (χ0v) is 9.02. The van der Waals surface area contributed by atoms with Crippen molar-refractivity contribution in [3.05, 3.63) is 0 Å². The smallest absolute Gasteiger partial charge is 0.121 e. The average molecular weight is 208 g/mol. The first-order valence-electron chi connectivity index (χ1n) is 4.43. The molecule has 86 valence electrons. The number of aliphatic hydroxyl groups is 5. The van der Waals surface area contributed by atoms with Crippen LogP contribution in [0.15, 0.2) is 0 Å². The molecule has 0 aliphatic rings. The van der Waals surface area contributed by atoms with Crippen molar-refractivity contribution in [1.29, 1.82) is 0 Å². The van der Waals surface area contributed by atoms with E-state index in [0.717, 1.165) is 6.92 Å². The standard InChI is InChI=1S/C9H20O5/c1-7(2,12)6(11)9(4,14)8(3,13)5-10/h6,10-14H,5H2,1-4H3. The van der Waals surface area contributed by atoms with Crippen LogP contribution >= 0.6 is 0 Å². The highest BCUT2D eigenvalue weighted by molar-refractivity contribution is 5.03. The summed E-state index contributed by atoms with van der Waals surface area (Å²) in [6.45, 7) is 4.24. The van der Waals surface area contributed by atoms with Crippen molar-refractivity contribution >= 4 is 0 Å². The van der Waals surface area contributed by atoms with Crippen LogP contribution in [0.3, 0.4) is 0 Å². The maximum atomic E-state index is 9.83. The van der Waals surface area contributed by atoms with E-state index in [1.807, 2.05) is 0 Å². The maximum Gasteiger partial charge on any atom is 0.121 e. The number of aliphatic hydroxyl groups excluding tert-OH is 2. The molecule has 0 bridgehead atoms. The van der Waals surface area contributed by atoms with Gasteiger partial charge in [-0.25, -0.2) is 0 Å². The molecular formula is C9H20O5. The van der Waals surface area contributed by atoms with Gasteiger partial charge in [0.15, 0.2) is 0 Å². The van der Waals surface area contributed by atoms with Crippen molar-refractivity contribution in [3.8, 4) is 0 Å². The van der Waals surface area contributed by atoms with E-state index < -0.39 is 29.5 Å². The fourth-order valence-electron chi connectivity index (χ4n) is 1.14. The molecule has 0 rings (SSSR count). The van der Waals surface area contributed by atoms with Crippen LogP contribution in [-0.4, -0.2) is 55.0 Å². The highest BCUT2D eigenvalue weighted by Crippen LogP contribution is 2.30. The Kier molecular flexibility index (Phi) is 3.70. The van der Waals surface area contributed by atoms with Gasteiger partial charge in [0, 0.05) is 0 Å². The quantitative estimate of drug-likeness (QED) is 0.392. The highest BCUT2D eigenvalue weighted by atomic mass is 16.4. The summed E-state index contributed by atoms with van der Waals surface area (Å²) in [6, 6.07) is 0. The molecular weight excluding hydrogens is 188 g/mol. The zero-order chi connectivity index (χ0) is 11.8. The van der Waals surface area contributed by atoms with Crippen LogP contribution in [0, 0.1) is 0 Å². The zero-order valence-electron chi connectivity index (χ0n) is 9.02. The van der Waals surface area contributed by atoms with E-state index in [4.69, 9.17) is 5.11 Å². The van der Waals surface area contributed by atoms with Crippen LogP contribution in [-0.2, 0) is 0 Å². The largest absolute Gasteiger partial charge is 0.393 e. The lowest BCUT2D eigenvalue weighted by Crippen LogP contribution is -2.65. The van der Waals surface area contributed by atoms with Crippen LogP contribution in [0.5, 0.6) is 0 Å². The minimum atomic E-state index is -2.00. The topological polar surface area (TPSA) is 101 Å². The fourth-order valence-corrected chi connectivity index (χ4v) is 1.14. The molecule has 0 saturated carbocycles. The van der Waals surface area contributed by atoms with Crippen molar-refractivity contribution in [1.82, 2.24) is 0 Å². The Hall–Kier alpha value is -0.200. The van der Waals surface area contributed by atoms with Crippen molar-refractivity contribution in [2.45, 2.75) is 50.6 Å². The first-order chi connectivity index (χ1) is 5.97. The first kappa shape index (κ1) is 13.8. The Labute approximate surface area is 83.6 Å². The molecule has 0 spiro atoms. The van der Waals surface area contributed by atoms with Gasteiger partial charge in [-0.15, -0.1) is 0 Å². The Morgan fingerprint density at radius 3 is 1.57 bits per heavy atom. The molecule has 0 aliphatic carbocycles. The third-order valence-electron chi connectivity index (χ3n) is 2.60. The van der Waals surface area contributed by atoms with E-state index in [0.29, 0.717) is 0 Å². The summed E-state index contributed by atoms with van der Waals surface area (Å²) >= 11 is 0. The van der Waals surface area contributed by atoms with Gasteiger partial charge < -0.3 is 25.5 Å². The Bertz CT molecular complexity index is 192. The number of rotatable bonds is 4. The monoisotopic (exact) mass is 208 g/mol. The van der Waals surface area contributed by atoms with Gasteiger partial charge in [0.25, 0.3) is 0 Å². The van der Waals surface area contributed by atoms with Gasteiger partial charge in [0.1, 0.15) is 17.3 Å². The highest BCUT2D eigenvalue weighted by Gasteiger charge is 2.51. The lowest BCUT2D eigenvalue weighted by Gasteiger charge is -2.44. The van der Waals surface area contributed by atoms with Gasteiger partial charge in [-0.3, -0.25) is 0 Å². The average Bonchev–Trinajstić information content (AvgIpc) is 2.01. The molecule has 0 aromatic heterocycles. The van der Waals surface area contributed by atoms with Gasteiger partial charge >= 0.3 is 0 Å². The molecule has 0 aromatic rings. The van der Waals surface area contributed by atoms with Gasteiger partial charge in [-0.05, 0) is 27.7 Å². The van der Waals surface area contributed by atoms with Gasteiger partial charge in [0.05, 0.1) is 12.2 Å². The lowest BCUT2D eigenvalue weighted by molar-refractivity contribution is -0.234. The molecule has 0 fully saturated rings. The summed E-state index contributed by atoms with van der Waals surface area (Å²) in [5.41, 5.74) is -5.45. The number of hydrogen-bond acceptors (Lipinski definition) is 5. The predicted octanol–water partition coefficient (Wildman–Crippen LogP) is -1.39. The van der Waals surface area contributed by atoms with E-state index in [9.17, 15) is 20.4 Å². The Morgan fingerprint density at radius 2 is 1.36 bits per heavy atom. The van der Waals surface area contributed by atoms with Gasteiger partial charge in [-0.2, -0.15) is 0 Å². The first-order valence-corrected chi connectivity index (χ1v) is 4.43. The molecule has 0 aromatic carbocycles. The molecule has 0 heterocycles. The van der Waals surface area contributed by atoms with Crippen LogP contribution in [0.4, 0.5) is 0 Å². The second-order valence-corrected chi connectivity index (χ2v) is 4.64. The molecule has 5 heteroatoms. The molecule has 5 N–H and O–H groups in total. The van der Waals surface area contributed by atoms with Crippen molar-refractivity contribution in [2.75, 3.05) is 6.61 Å². The lowest BCUT2D eigenvalue weighted by atomic mass is 9.76. The van der Waals surface area contributed by atoms with Crippen LogP contribution in [0.1, 0.15) is 27.7 Å². The van der Waals surface area contributed by atoms with Crippen LogP contribution in [0.25, 0.3) is 0 Å². The van der Waals surface area contributed by atoms with E-state index in [2.05, 4.69) is 0 Å². The molecule has 0 aliphatic heterocycles. The minimum absolute atomic E-state index is 0.715. The summed E-state index contributed by atoms with van der Waals surface area (Å²) in [7, 11) is 0. The summed E-state index contributed by atoms with van der Waals surface area (Å²) < 4.78 is 0. The molecule has 3 unspecified atom stereocenters. The van der Waals surface area contributed by atoms with Crippen molar-refractivity contribution in [2.24, 2.45) is 0 Å². The molecule has 5 nitrogen and oxygen atoms in total. The second kappa shape index (κ2) is 3.75. The minimum Gasteiger partial charge on any atom is -0.393 e. The maximum absolute atomic E-state index is 9.83. The third kappa shape index (κ3) is 2.43. The van der Waals surface area contributed by atoms with Gasteiger partial charge in [-0.1, -0.05) is 0 Å². The van der Waals surface area contributed by atoms with E-state index >= 15 is 0 Å². The predicted molar refractivity (Wildman–Crippen MR) is 50.6 cm³/mol. The summed E-state index contributed by atoms with van der Waals surface area (Å²) in [4.78, 5) is 0. The molecule has 0 radical (unpaired) electrons. The van der Waals surface area contributed by atoms with E-state index in [1.54, 1.807) is 0 Å². The third-order valence-corrected chi connectivity index (χ3v) is 2.60. The normalized spacial score (nSPS) is 23.8. The van der Waals surface area contributed by atoms with E-state index in [1.165, 1.54) is 20.8 Å². The Balaban J connectivity index is 4.96. The molecule has 14 heavy (non-hydrogen) atoms.